The van der Waals surface area contributed by atoms with E-state index in [0.717, 1.165) is 17.1 Å². The molecule has 0 radical (unpaired) electrons. The first-order valence-electron chi connectivity index (χ1n) is 6.31. The predicted molar refractivity (Wildman–Crippen MR) is 73.9 cm³/mol. The Balaban J connectivity index is 1.97. The number of nitrogens with one attached hydrogen (secondary N) is 1. The largest absolute Gasteiger partial charge is 0.326 e. The maximum absolute atomic E-state index is 11.9. The van der Waals surface area contributed by atoms with Gasteiger partial charge in [0, 0.05) is 12.1 Å². The molecule has 100 valence electrons. The highest BCUT2D eigenvalue weighted by Gasteiger charge is 2.15. The zero-order chi connectivity index (χ0) is 13.8. The van der Waals surface area contributed by atoms with Crippen molar-refractivity contribution in [2.45, 2.75) is 33.2 Å². The first-order valence-corrected chi connectivity index (χ1v) is 6.31. The van der Waals surface area contributed by atoms with Crippen LogP contribution < -0.4 is 5.32 Å². The molecule has 2 aromatic rings. The lowest BCUT2D eigenvalue weighted by Gasteiger charge is -2.13. The van der Waals surface area contributed by atoms with Gasteiger partial charge in [0.05, 0.1) is 17.4 Å². The maximum Gasteiger partial charge on any atom is 0.226 e. The molecule has 1 N–H and O–H groups in total. The van der Waals surface area contributed by atoms with E-state index in [1.54, 1.807) is 4.68 Å². The molecule has 5 heteroatoms. The Bertz CT molecular complexity index is 562. The Hall–Kier alpha value is -2.17. The summed E-state index contributed by atoms with van der Waals surface area (Å²) in [6.45, 7) is 5.84. The number of carbonyl (C=O) groups excluding carboxylic acids is 1. The van der Waals surface area contributed by atoms with Gasteiger partial charge in [-0.05, 0) is 32.9 Å². The van der Waals surface area contributed by atoms with E-state index >= 15 is 0 Å². The predicted octanol–water partition coefficient (Wildman–Crippen LogP) is 2.48. The van der Waals surface area contributed by atoms with Crippen molar-refractivity contribution in [3.63, 3.8) is 0 Å². The highest BCUT2D eigenvalue weighted by molar-refractivity contribution is 5.90. The fraction of sp³-hybridized carbons (Fsp3) is 0.357. The van der Waals surface area contributed by atoms with Gasteiger partial charge < -0.3 is 5.32 Å². The summed E-state index contributed by atoms with van der Waals surface area (Å²) in [6, 6.07) is 9.43. The van der Waals surface area contributed by atoms with Gasteiger partial charge in [0.2, 0.25) is 5.91 Å². The van der Waals surface area contributed by atoms with Gasteiger partial charge in [0.25, 0.3) is 0 Å². The topological polar surface area (TPSA) is 59.8 Å². The number of aryl methyl sites for hydroxylation is 1. The van der Waals surface area contributed by atoms with Crippen molar-refractivity contribution in [1.29, 1.82) is 0 Å². The van der Waals surface area contributed by atoms with Crippen LogP contribution in [0.15, 0.2) is 30.3 Å². The highest BCUT2D eigenvalue weighted by Crippen LogP contribution is 2.15. The minimum atomic E-state index is -0.0220. The van der Waals surface area contributed by atoms with Gasteiger partial charge in [-0.1, -0.05) is 23.4 Å². The number of carbonyl (C=O) groups is 1. The van der Waals surface area contributed by atoms with Crippen LogP contribution in [0.3, 0.4) is 0 Å². The van der Waals surface area contributed by atoms with Crippen LogP contribution in [0, 0.1) is 13.8 Å². The molecule has 0 fully saturated rings. The van der Waals surface area contributed by atoms with Crippen molar-refractivity contribution in [3.05, 3.63) is 41.7 Å². The molecule has 1 amide bonds. The fourth-order valence-electron chi connectivity index (χ4n) is 1.93. The number of hydrogen-bond donors (Lipinski definition) is 1. The van der Waals surface area contributed by atoms with Gasteiger partial charge in [-0.3, -0.25) is 4.79 Å². The lowest BCUT2D eigenvalue weighted by atomic mass is 10.2. The molecule has 0 aliphatic rings. The lowest BCUT2D eigenvalue weighted by molar-refractivity contribution is -0.116. The Morgan fingerprint density at radius 3 is 2.58 bits per heavy atom. The number of rotatable bonds is 4. The number of benzene rings is 1. The molecule has 5 nitrogen and oxygen atoms in total. The SMILES string of the molecule is Cc1nnn([C@@H](C)CC(=O)Nc2ccccc2)c1C. The second kappa shape index (κ2) is 5.65. The summed E-state index contributed by atoms with van der Waals surface area (Å²) in [5.41, 5.74) is 2.71. The van der Waals surface area contributed by atoms with Gasteiger partial charge in [-0.25, -0.2) is 4.68 Å². The molecular weight excluding hydrogens is 240 g/mol. The zero-order valence-corrected chi connectivity index (χ0v) is 11.4. The number of amides is 1. The van der Waals surface area contributed by atoms with Crippen molar-refractivity contribution in [1.82, 2.24) is 15.0 Å². The molecule has 0 spiro atoms. The van der Waals surface area contributed by atoms with E-state index in [1.807, 2.05) is 51.1 Å². The van der Waals surface area contributed by atoms with E-state index in [0.29, 0.717) is 6.42 Å². The molecule has 1 aromatic carbocycles. The van der Waals surface area contributed by atoms with E-state index in [4.69, 9.17) is 0 Å². The molecule has 2 rings (SSSR count). The van der Waals surface area contributed by atoms with Crippen LogP contribution in [0.4, 0.5) is 5.69 Å². The third-order valence-corrected chi connectivity index (χ3v) is 3.11. The maximum atomic E-state index is 11.9. The molecule has 0 aliphatic heterocycles. The molecule has 1 atom stereocenters. The highest BCUT2D eigenvalue weighted by atomic mass is 16.1. The molecule has 1 aromatic heterocycles. The van der Waals surface area contributed by atoms with Crippen molar-refractivity contribution >= 4 is 11.6 Å². The molecule has 0 saturated heterocycles. The zero-order valence-electron chi connectivity index (χ0n) is 11.4. The number of aromatic nitrogens is 3. The molecule has 19 heavy (non-hydrogen) atoms. The minimum Gasteiger partial charge on any atom is -0.326 e. The second-order valence-electron chi connectivity index (χ2n) is 4.67. The van der Waals surface area contributed by atoms with Crippen LogP contribution in [0.2, 0.25) is 0 Å². The van der Waals surface area contributed by atoms with E-state index in [1.165, 1.54) is 0 Å². The van der Waals surface area contributed by atoms with Crippen LogP contribution in [-0.4, -0.2) is 20.9 Å². The normalized spacial score (nSPS) is 12.2. The van der Waals surface area contributed by atoms with E-state index in [-0.39, 0.29) is 11.9 Å². The van der Waals surface area contributed by atoms with Gasteiger partial charge in [-0.15, -0.1) is 5.10 Å². The van der Waals surface area contributed by atoms with Gasteiger partial charge >= 0.3 is 0 Å². The van der Waals surface area contributed by atoms with Gasteiger partial charge in [0.1, 0.15) is 0 Å². The molecular formula is C14H18N4O. The van der Waals surface area contributed by atoms with E-state index < -0.39 is 0 Å². The Labute approximate surface area is 112 Å². The van der Waals surface area contributed by atoms with Crippen molar-refractivity contribution in [3.8, 4) is 0 Å². The first kappa shape index (κ1) is 13.3. The summed E-state index contributed by atoms with van der Waals surface area (Å²) in [7, 11) is 0. The molecule has 0 bridgehead atoms. The monoisotopic (exact) mass is 258 g/mol. The number of nitrogens with zero attached hydrogens (tertiary/aromatic N) is 3. The summed E-state index contributed by atoms with van der Waals surface area (Å²) in [4.78, 5) is 11.9. The van der Waals surface area contributed by atoms with Crippen molar-refractivity contribution in [2.75, 3.05) is 5.32 Å². The lowest BCUT2D eigenvalue weighted by Crippen LogP contribution is -2.19. The van der Waals surface area contributed by atoms with Gasteiger partial charge in [-0.2, -0.15) is 0 Å². The Kier molecular flexibility index (Phi) is 3.94. The second-order valence-corrected chi connectivity index (χ2v) is 4.67. The molecule has 0 saturated carbocycles. The van der Waals surface area contributed by atoms with Crippen LogP contribution in [0.1, 0.15) is 30.8 Å². The average Bonchev–Trinajstić information content (AvgIpc) is 2.71. The number of anilines is 1. The average molecular weight is 258 g/mol. The molecule has 0 unspecified atom stereocenters. The summed E-state index contributed by atoms with van der Waals surface area (Å²) >= 11 is 0. The third-order valence-electron chi connectivity index (χ3n) is 3.11. The number of hydrogen-bond acceptors (Lipinski definition) is 3. The van der Waals surface area contributed by atoms with Crippen LogP contribution in [0.5, 0.6) is 0 Å². The molecule has 1 heterocycles. The Morgan fingerprint density at radius 2 is 2.00 bits per heavy atom. The van der Waals surface area contributed by atoms with Crippen LogP contribution >= 0.6 is 0 Å². The van der Waals surface area contributed by atoms with Crippen molar-refractivity contribution < 1.29 is 4.79 Å². The number of para-hydroxylation sites is 1. The van der Waals surface area contributed by atoms with Crippen LogP contribution in [0.25, 0.3) is 0 Å². The minimum absolute atomic E-state index is 0.00934. The van der Waals surface area contributed by atoms with Crippen LogP contribution in [-0.2, 0) is 4.79 Å². The Morgan fingerprint density at radius 1 is 1.32 bits per heavy atom. The summed E-state index contributed by atoms with van der Waals surface area (Å²) < 4.78 is 1.79. The summed E-state index contributed by atoms with van der Waals surface area (Å²) in [5.74, 6) is -0.0220. The first-order chi connectivity index (χ1) is 9.08. The van der Waals surface area contributed by atoms with Crippen molar-refractivity contribution in [2.24, 2.45) is 0 Å². The summed E-state index contributed by atoms with van der Waals surface area (Å²) in [5, 5.41) is 10.9. The summed E-state index contributed by atoms with van der Waals surface area (Å²) in [6.07, 6.45) is 0.374. The van der Waals surface area contributed by atoms with Gasteiger partial charge in [0.15, 0.2) is 0 Å². The quantitative estimate of drug-likeness (QED) is 0.916. The standard InChI is InChI=1S/C14H18N4O/c1-10(18-12(3)11(2)16-17-18)9-14(19)15-13-7-5-4-6-8-13/h4-8,10H,9H2,1-3H3,(H,15,19)/t10-/m0/s1. The van der Waals surface area contributed by atoms with E-state index in [9.17, 15) is 4.79 Å². The third kappa shape index (κ3) is 3.19. The fourth-order valence-corrected chi connectivity index (χ4v) is 1.93. The van der Waals surface area contributed by atoms with E-state index in [2.05, 4.69) is 15.6 Å². The smallest absolute Gasteiger partial charge is 0.226 e. The molecule has 0 aliphatic carbocycles.